The third kappa shape index (κ3) is 5.95. The summed E-state index contributed by atoms with van der Waals surface area (Å²) in [5.41, 5.74) is 2.78. The van der Waals surface area contributed by atoms with Crippen LogP contribution in [0.2, 0.25) is 0 Å². The monoisotopic (exact) mass is 406 g/mol. The molecule has 1 aliphatic rings. The van der Waals surface area contributed by atoms with Gasteiger partial charge in [0.25, 0.3) is 0 Å². The summed E-state index contributed by atoms with van der Waals surface area (Å²) in [6.45, 7) is 10.6. The van der Waals surface area contributed by atoms with Crippen LogP contribution in [0, 0.1) is 0 Å². The summed E-state index contributed by atoms with van der Waals surface area (Å²) >= 11 is 6.48. The van der Waals surface area contributed by atoms with Gasteiger partial charge in [0.05, 0.1) is 18.8 Å². The molecule has 1 aromatic carbocycles. The molecule has 154 valence electrons. The first-order valence-electron chi connectivity index (χ1n) is 9.69. The summed E-state index contributed by atoms with van der Waals surface area (Å²) in [4.78, 5) is 0. The lowest BCUT2D eigenvalue weighted by molar-refractivity contribution is -0.160. The second-order valence-electron chi connectivity index (χ2n) is 7.01. The van der Waals surface area contributed by atoms with Crippen molar-refractivity contribution in [2.75, 3.05) is 13.7 Å². The average Bonchev–Trinajstić information content (AvgIpc) is 2.67. The van der Waals surface area contributed by atoms with Crippen molar-refractivity contribution in [3.8, 4) is 5.75 Å². The van der Waals surface area contributed by atoms with Crippen LogP contribution in [0.15, 0.2) is 59.2 Å². The van der Waals surface area contributed by atoms with Crippen LogP contribution in [-0.2, 0) is 15.9 Å². The summed E-state index contributed by atoms with van der Waals surface area (Å²) in [6.07, 6.45) is 3.48. The minimum absolute atomic E-state index is 0.0664. The maximum absolute atomic E-state index is 10.3. The number of allylic oxidation sites excluding steroid dienone is 3. The Labute approximate surface area is 173 Å². The molecule has 1 aliphatic heterocycles. The zero-order chi connectivity index (χ0) is 20.7. The first-order valence-corrected chi connectivity index (χ1v) is 10.1. The molecular weight excluding hydrogens is 376 g/mol. The minimum Gasteiger partial charge on any atom is -0.494 e. The Morgan fingerprint density at radius 3 is 2.61 bits per heavy atom. The van der Waals surface area contributed by atoms with Crippen molar-refractivity contribution in [1.82, 2.24) is 0 Å². The van der Waals surface area contributed by atoms with Gasteiger partial charge in [0.2, 0.25) is 0 Å². The van der Waals surface area contributed by atoms with Crippen molar-refractivity contribution >= 4 is 11.6 Å². The molecule has 1 heterocycles. The number of aliphatic hydroxyl groups is 1. The highest BCUT2D eigenvalue weighted by Gasteiger charge is 2.37. The van der Waals surface area contributed by atoms with Gasteiger partial charge in [-0.3, -0.25) is 0 Å². The number of halogens is 1. The fraction of sp³-hybridized carbons (Fsp3) is 0.478. The largest absolute Gasteiger partial charge is 0.494 e. The third-order valence-corrected chi connectivity index (χ3v) is 5.28. The highest BCUT2D eigenvalue weighted by molar-refractivity contribution is 6.32. The van der Waals surface area contributed by atoms with Crippen molar-refractivity contribution < 1.29 is 19.3 Å². The Morgan fingerprint density at radius 1 is 1.36 bits per heavy atom. The van der Waals surface area contributed by atoms with E-state index in [1.54, 1.807) is 7.11 Å². The van der Waals surface area contributed by atoms with Gasteiger partial charge >= 0.3 is 0 Å². The number of rotatable bonds is 8. The molecule has 0 saturated carbocycles. The first-order chi connectivity index (χ1) is 13.4. The Balaban J connectivity index is 2.23. The van der Waals surface area contributed by atoms with Gasteiger partial charge in [0.1, 0.15) is 18.0 Å². The molecule has 2 rings (SSSR count). The maximum atomic E-state index is 10.3. The number of hydrogen-bond acceptors (Lipinski definition) is 4. The van der Waals surface area contributed by atoms with Gasteiger partial charge in [-0.15, -0.1) is 0 Å². The van der Waals surface area contributed by atoms with Crippen molar-refractivity contribution in [2.45, 2.75) is 58.0 Å². The number of aliphatic hydroxyl groups excluding tert-OH is 1. The zero-order valence-corrected chi connectivity index (χ0v) is 17.9. The van der Waals surface area contributed by atoms with Crippen LogP contribution in [-0.4, -0.2) is 43.2 Å². The molecule has 0 radical (unpaired) electrons. The minimum atomic E-state index is -0.587. The van der Waals surface area contributed by atoms with E-state index < -0.39 is 18.3 Å². The quantitative estimate of drug-likeness (QED) is 0.629. The van der Waals surface area contributed by atoms with Crippen molar-refractivity contribution in [1.29, 1.82) is 0 Å². The van der Waals surface area contributed by atoms with Gasteiger partial charge < -0.3 is 19.3 Å². The normalized spacial score (nSPS) is 26.2. The van der Waals surface area contributed by atoms with Crippen LogP contribution < -0.4 is 4.74 Å². The SMILES string of the molecule is C=C(/C=C(Cc1ccc(OCC)cc1)\C(Cl)=C/C)[C@@H]1O[C@H](C)C[C@H](O)C1OC. The molecular formula is C23H31ClO4. The highest BCUT2D eigenvalue weighted by atomic mass is 35.5. The summed E-state index contributed by atoms with van der Waals surface area (Å²) in [6, 6.07) is 7.97. The van der Waals surface area contributed by atoms with E-state index in [4.69, 9.17) is 25.8 Å². The predicted molar refractivity (Wildman–Crippen MR) is 114 cm³/mol. The van der Waals surface area contributed by atoms with Crippen LogP contribution in [0.5, 0.6) is 5.75 Å². The molecule has 1 saturated heterocycles. The van der Waals surface area contributed by atoms with Crippen LogP contribution in [0.1, 0.15) is 32.8 Å². The van der Waals surface area contributed by atoms with Crippen LogP contribution >= 0.6 is 11.6 Å². The van der Waals surface area contributed by atoms with Crippen LogP contribution in [0.25, 0.3) is 0 Å². The van der Waals surface area contributed by atoms with Crippen LogP contribution in [0.4, 0.5) is 0 Å². The lowest BCUT2D eigenvalue weighted by Gasteiger charge is -2.38. The van der Waals surface area contributed by atoms with Gasteiger partial charge in [-0.25, -0.2) is 0 Å². The molecule has 5 heteroatoms. The standard InChI is InChI=1S/C23H31ClO4/c1-6-20(24)18(14-17-8-10-19(11-9-17)27-7-2)12-15(3)22-23(26-5)21(25)13-16(4)28-22/h6,8-12,16,21-23,25H,3,7,13-14H2,1-2,4-5H3/b18-12-,20-6+/t16-,21+,22+,23?/m1/s1. The molecule has 0 bridgehead atoms. The fourth-order valence-electron chi connectivity index (χ4n) is 3.42. The topological polar surface area (TPSA) is 47.9 Å². The molecule has 28 heavy (non-hydrogen) atoms. The molecule has 4 atom stereocenters. The molecule has 1 unspecified atom stereocenters. The first kappa shape index (κ1) is 22.7. The van der Waals surface area contributed by atoms with Gasteiger partial charge in [-0.2, -0.15) is 0 Å². The molecule has 1 fully saturated rings. The number of hydrogen-bond donors (Lipinski definition) is 1. The van der Waals surface area contributed by atoms with Crippen LogP contribution in [0.3, 0.4) is 0 Å². The van der Waals surface area contributed by atoms with E-state index in [1.807, 2.05) is 57.2 Å². The second-order valence-corrected chi connectivity index (χ2v) is 7.41. The van der Waals surface area contributed by atoms with E-state index in [9.17, 15) is 5.11 Å². The van der Waals surface area contributed by atoms with Gasteiger partial charge in [-0.1, -0.05) is 42.5 Å². The van der Waals surface area contributed by atoms with Gasteiger partial charge in [0.15, 0.2) is 0 Å². The van der Waals surface area contributed by atoms with E-state index in [2.05, 4.69) is 6.58 Å². The van der Waals surface area contributed by atoms with E-state index in [1.165, 1.54) is 0 Å². The average molecular weight is 407 g/mol. The molecule has 1 N–H and O–H groups in total. The van der Waals surface area contributed by atoms with Crippen molar-refractivity contribution in [3.63, 3.8) is 0 Å². The maximum Gasteiger partial charge on any atom is 0.119 e. The summed E-state index contributed by atoms with van der Waals surface area (Å²) in [5.74, 6) is 0.847. The number of methoxy groups -OCH3 is 1. The summed E-state index contributed by atoms with van der Waals surface area (Å²) in [7, 11) is 1.58. The fourth-order valence-corrected chi connectivity index (χ4v) is 3.55. The smallest absolute Gasteiger partial charge is 0.119 e. The van der Waals surface area contributed by atoms with E-state index in [0.29, 0.717) is 24.5 Å². The zero-order valence-electron chi connectivity index (χ0n) is 17.2. The molecule has 0 aliphatic carbocycles. The second kappa shape index (κ2) is 10.8. The summed E-state index contributed by atoms with van der Waals surface area (Å²) < 4.78 is 17.0. The van der Waals surface area contributed by atoms with Gasteiger partial charge in [-0.05, 0) is 56.0 Å². The Bertz CT molecular complexity index is 708. The molecule has 0 aromatic heterocycles. The molecule has 1 aromatic rings. The third-order valence-electron chi connectivity index (χ3n) is 4.82. The number of ether oxygens (including phenoxy) is 3. The van der Waals surface area contributed by atoms with E-state index >= 15 is 0 Å². The Hall–Kier alpha value is -1.59. The van der Waals surface area contributed by atoms with E-state index in [-0.39, 0.29) is 6.10 Å². The predicted octanol–water partition coefficient (Wildman–Crippen LogP) is 4.81. The van der Waals surface area contributed by atoms with Crippen molar-refractivity contribution in [3.05, 3.63) is 64.7 Å². The highest BCUT2D eigenvalue weighted by Crippen LogP contribution is 2.30. The Kier molecular flexibility index (Phi) is 8.77. The van der Waals surface area contributed by atoms with Crippen molar-refractivity contribution in [2.24, 2.45) is 0 Å². The van der Waals surface area contributed by atoms with E-state index in [0.717, 1.165) is 22.5 Å². The molecule has 0 spiro atoms. The van der Waals surface area contributed by atoms with Gasteiger partial charge in [0, 0.05) is 18.6 Å². The lowest BCUT2D eigenvalue weighted by Crippen LogP contribution is -2.49. The number of benzene rings is 1. The molecule has 4 nitrogen and oxygen atoms in total. The Morgan fingerprint density at radius 2 is 2.04 bits per heavy atom. The summed E-state index contributed by atoms with van der Waals surface area (Å²) in [5, 5.41) is 11.0. The molecule has 0 amide bonds. The lowest BCUT2D eigenvalue weighted by atomic mass is 9.92.